The smallest absolute Gasteiger partial charge is 0.229 e. The highest BCUT2D eigenvalue weighted by Crippen LogP contribution is 2.33. The summed E-state index contributed by atoms with van der Waals surface area (Å²) >= 11 is 6.08. The van der Waals surface area contributed by atoms with E-state index in [-0.39, 0.29) is 6.61 Å². The molecule has 2 atom stereocenters. The highest BCUT2D eigenvalue weighted by molar-refractivity contribution is 6.30. The summed E-state index contributed by atoms with van der Waals surface area (Å²) in [4.78, 5) is 9.07. The standard InChI is InChI=1S/C26H26ClN5O4/c1-16-13-28-26(29-20-5-6-22-23(12-20)36-10-9-35-22)31-24(16)32-8-7-18(14-32)25(34)30-21(15-33)17-3-2-4-19(27)11-17/h2-8,11-14,21,25,30,33-34H,9-10,15H2,1H3,(H,28,29,31). The Morgan fingerprint density at radius 2 is 1.92 bits per heavy atom. The van der Waals surface area contributed by atoms with Crippen LogP contribution in [0.4, 0.5) is 11.6 Å². The first kappa shape index (κ1) is 24.1. The third-order valence-electron chi connectivity index (χ3n) is 5.81. The Balaban J connectivity index is 1.32. The molecule has 0 spiro atoms. The third-order valence-corrected chi connectivity index (χ3v) is 6.05. The monoisotopic (exact) mass is 507 g/mol. The first-order valence-corrected chi connectivity index (χ1v) is 11.9. The van der Waals surface area contributed by atoms with E-state index in [9.17, 15) is 10.2 Å². The second kappa shape index (κ2) is 10.5. The van der Waals surface area contributed by atoms with Gasteiger partial charge in [0.15, 0.2) is 11.5 Å². The molecule has 186 valence electrons. The van der Waals surface area contributed by atoms with Crippen molar-refractivity contribution in [1.82, 2.24) is 19.9 Å². The van der Waals surface area contributed by atoms with E-state index in [2.05, 4.69) is 20.6 Å². The van der Waals surface area contributed by atoms with Crippen LogP contribution in [0, 0.1) is 6.92 Å². The average molecular weight is 508 g/mol. The molecule has 0 aliphatic carbocycles. The Bertz CT molecular complexity index is 1360. The summed E-state index contributed by atoms with van der Waals surface area (Å²) in [5.74, 6) is 2.47. The van der Waals surface area contributed by atoms with Crippen molar-refractivity contribution in [2.75, 3.05) is 25.1 Å². The molecule has 9 nitrogen and oxygen atoms in total. The molecular weight excluding hydrogens is 482 g/mol. The van der Waals surface area contributed by atoms with Crippen LogP contribution in [-0.2, 0) is 0 Å². The van der Waals surface area contributed by atoms with Gasteiger partial charge in [-0.05, 0) is 42.8 Å². The Morgan fingerprint density at radius 3 is 2.72 bits per heavy atom. The molecule has 0 bridgehead atoms. The largest absolute Gasteiger partial charge is 0.486 e. The number of benzene rings is 2. The van der Waals surface area contributed by atoms with Gasteiger partial charge in [0.1, 0.15) is 25.3 Å². The van der Waals surface area contributed by atoms with Gasteiger partial charge in [0.2, 0.25) is 5.95 Å². The van der Waals surface area contributed by atoms with Gasteiger partial charge in [-0.25, -0.2) is 4.98 Å². The summed E-state index contributed by atoms with van der Waals surface area (Å²) in [6.45, 7) is 2.77. The highest BCUT2D eigenvalue weighted by atomic mass is 35.5. The van der Waals surface area contributed by atoms with Crippen LogP contribution in [0.15, 0.2) is 67.1 Å². The van der Waals surface area contributed by atoms with Crippen LogP contribution >= 0.6 is 11.6 Å². The van der Waals surface area contributed by atoms with Crippen LogP contribution in [0.5, 0.6) is 11.5 Å². The van der Waals surface area contributed by atoms with E-state index in [1.165, 1.54) is 0 Å². The molecule has 2 aromatic carbocycles. The van der Waals surface area contributed by atoms with Crippen LogP contribution < -0.4 is 20.1 Å². The zero-order valence-electron chi connectivity index (χ0n) is 19.6. The summed E-state index contributed by atoms with van der Waals surface area (Å²) in [6, 6.07) is 14.1. The maximum atomic E-state index is 10.8. The van der Waals surface area contributed by atoms with Gasteiger partial charge in [0, 0.05) is 46.5 Å². The minimum Gasteiger partial charge on any atom is -0.486 e. The van der Waals surface area contributed by atoms with E-state index in [0.717, 1.165) is 16.8 Å². The Labute approximate surface area is 213 Å². The molecule has 36 heavy (non-hydrogen) atoms. The predicted octanol–water partition coefficient (Wildman–Crippen LogP) is 4.06. The number of anilines is 2. The van der Waals surface area contributed by atoms with Gasteiger partial charge >= 0.3 is 0 Å². The maximum absolute atomic E-state index is 10.8. The van der Waals surface area contributed by atoms with E-state index in [1.807, 2.05) is 42.0 Å². The van der Waals surface area contributed by atoms with Crippen molar-refractivity contribution in [2.24, 2.45) is 0 Å². The van der Waals surface area contributed by atoms with Crippen LogP contribution in [-0.4, -0.2) is 44.6 Å². The van der Waals surface area contributed by atoms with Crippen molar-refractivity contribution in [2.45, 2.75) is 19.2 Å². The number of aliphatic hydroxyl groups is 2. The lowest BCUT2D eigenvalue weighted by molar-refractivity contribution is 0.104. The van der Waals surface area contributed by atoms with Crippen molar-refractivity contribution in [3.05, 3.63) is 88.8 Å². The lowest BCUT2D eigenvalue weighted by atomic mass is 10.1. The van der Waals surface area contributed by atoms with Crippen LogP contribution in [0.2, 0.25) is 5.02 Å². The Hall–Kier alpha value is -3.63. The molecule has 0 saturated heterocycles. The number of hydrogen-bond acceptors (Lipinski definition) is 8. The second-order valence-electron chi connectivity index (χ2n) is 8.40. The lowest BCUT2D eigenvalue weighted by Crippen LogP contribution is -2.28. The van der Waals surface area contributed by atoms with Crippen molar-refractivity contribution < 1.29 is 19.7 Å². The molecule has 1 aliphatic rings. The quantitative estimate of drug-likeness (QED) is 0.264. The molecule has 5 rings (SSSR count). The SMILES string of the molecule is Cc1cnc(Nc2ccc3c(c2)OCCO3)nc1-n1ccc(C(O)NC(CO)c2cccc(Cl)c2)c1. The number of nitrogens with zero attached hydrogens (tertiary/aromatic N) is 3. The fourth-order valence-corrected chi connectivity index (χ4v) is 4.17. The number of aromatic nitrogens is 3. The minimum atomic E-state index is -1.01. The van der Waals surface area contributed by atoms with Gasteiger partial charge in [-0.3, -0.25) is 5.32 Å². The zero-order valence-corrected chi connectivity index (χ0v) is 20.3. The van der Waals surface area contributed by atoms with Crippen molar-refractivity contribution >= 4 is 23.2 Å². The Morgan fingerprint density at radius 1 is 1.08 bits per heavy atom. The van der Waals surface area contributed by atoms with E-state index >= 15 is 0 Å². The summed E-state index contributed by atoms with van der Waals surface area (Å²) in [5.41, 5.74) is 3.04. The molecule has 10 heteroatoms. The van der Waals surface area contributed by atoms with Crippen LogP contribution in [0.25, 0.3) is 5.82 Å². The number of hydrogen-bond donors (Lipinski definition) is 4. The van der Waals surface area contributed by atoms with Gasteiger partial charge in [-0.1, -0.05) is 23.7 Å². The predicted molar refractivity (Wildman–Crippen MR) is 136 cm³/mol. The van der Waals surface area contributed by atoms with Crippen molar-refractivity contribution in [3.8, 4) is 17.3 Å². The van der Waals surface area contributed by atoms with E-state index < -0.39 is 12.3 Å². The fourth-order valence-electron chi connectivity index (χ4n) is 3.98. The molecule has 0 saturated carbocycles. The molecule has 4 N–H and O–H groups in total. The number of aliphatic hydroxyl groups excluding tert-OH is 2. The number of rotatable bonds is 8. The van der Waals surface area contributed by atoms with E-state index in [1.54, 1.807) is 36.7 Å². The van der Waals surface area contributed by atoms with Crippen molar-refractivity contribution in [3.63, 3.8) is 0 Å². The van der Waals surface area contributed by atoms with Gasteiger partial charge in [-0.15, -0.1) is 0 Å². The van der Waals surface area contributed by atoms with Crippen LogP contribution in [0.3, 0.4) is 0 Å². The van der Waals surface area contributed by atoms with Gasteiger partial charge in [-0.2, -0.15) is 4.98 Å². The van der Waals surface area contributed by atoms with Crippen molar-refractivity contribution in [1.29, 1.82) is 0 Å². The topological polar surface area (TPSA) is 114 Å². The lowest BCUT2D eigenvalue weighted by Gasteiger charge is -2.21. The molecule has 3 heterocycles. The first-order chi connectivity index (χ1) is 17.5. The summed E-state index contributed by atoms with van der Waals surface area (Å²) in [5, 5.41) is 27.4. The molecule has 1 aliphatic heterocycles. The maximum Gasteiger partial charge on any atom is 0.229 e. The molecule has 2 aromatic heterocycles. The van der Waals surface area contributed by atoms with Gasteiger partial charge in [0.25, 0.3) is 0 Å². The zero-order chi connectivity index (χ0) is 25.1. The van der Waals surface area contributed by atoms with Crippen LogP contribution in [0.1, 0.15) is 29.0 Å². The number of halogens is 1. The third kappa shape index (κ3) is 5.29. The number of ether oxygens (including phenoxy) is 2. The normalized spacial score (nSPS) is 14.3. The van der Waals surface area contributed by atoms with Gasteiger partial charge in [0.05, 0.1) is 12.6 Å². The number of aryl methyl sites for hydroxylation is 1. The summed E-state index contributed by atoms with van der Waals surface area (Å²) in [7, 11) is 0. The Kier molecular flexibility index (Phi) is 7.06. The molecule has 0 fully saturated rings. The molecule has 0 amide bonds. The average Bonchev–Trinajstić information content (AvgIpc) is 3.38. The molecule has 2 unspecified atom stereocenters. The second-order valence-corrected chi connectivity index (χ2v) is 8.83. The fraction of sp³-hybridized carbons (Fsp3) is 0.231. The highest BCUT2D eigenvalue weighted by Gasteiger charge is 2.18. The summed E-state index contributed by atoms with van der Waals surface area (Å²) in [6.07, 6.45) is 4.32. The van der Waals surface area contributed by atoms with E-state index in [0.29, 0.717) is 47.1 Å². The van der Waals surface area contributed by atoms with E-state index in [4.69, 9.17) is 21.1 Å². The number of nitrogens with one attached hydrogen (secondary N) is 2. The number of fused-ring (bicyclic) bond motifs is 1. The minimum absolute atomic E-state index is 0.196. The summed E-state index contributed by atoms with van der Waals surface area (Å²) < 4.78 is 13.0. The molecular formula is C26H26ClN5O4. The molecule has 0 radical (unpaired) electrons. The molecule has 4 aromatic rings. The first-order valence-electron chi connectivity index (χ1n) is 11.5. The van der Waals surface area contributed by atoms with Gasteiger partial charge < -0.3 is 29.6 Å².